The molecule has 2 aromatic carbocycles. The summed E-state index contributed by atoms with van der Waals surface area (Å²) in [5, 5.41) is 18.4. The molecule has 6 rings (SSSR count). The normalized spacial score (nSPS) is 17.8. The minimum Gasteiger partial charge on any atom is -0.379 e. The van der Waals surface area contributed by atoms with Crippen molar-refractivity contribution in [2.24, 2.45) is 4.99 Å². The molecule has 0 bridgehead atoms. The third-order valence-corrected chi connectivity index (χ3v) is 7.17. The predicted molar refractivity (Wildman–Crippen MR) is 145 cm³/mol. The molecule has 190 valence electrons. The summed E-state index contributed by atoms with van der Waals surface area (Å²) in [5.41, 5.74) is 8.06. The summed E-state index contributed by atoms with van der Waals surface area (Å²) in [5.74, 6) is 1.76. The molecule has 4 aromatic rings. The minimum atomic E-state index is -0.0523. The number of aromatic amines is 1. The van der Waals surface area contributed by atoms with Gasteiger partial charge in [0.25, 0.3) is 0 Å². The molecule has 9 nitrogen and oxygen atoms in total. The van der Waals surface area contributed by atoms with Gasteiger partial charge >= 0.3 is 0 Å². The first kappa shape index (κ1) is 23.6. The highest BCUT2D eigenvalue weighted by Gasteiger charge is 2.28. The third kappa shape index (κ3) is 4.68. The van der Waals surface area contributed by atoms with Crippen LogP contribution < -0.4 is 5.32 Å². The van der Waals surface area contributed by atoms with Gasteiger partial charge in [0, 0.05) is 42.2 Å². The fourth-order valence-electron chi connectivity index (χ4n) is 5.26. The van der Waals surface area contributed by atoms with Crippen LogP contribution in [-0.4, -0.2) is 68.4 Å². The van der Waals surface area contributed by atoms with Crippen LogP contribution in [0.15, 0.2) is 59.6 Å². The number of nitrogens with one attached hydrogen (secondary N) is 2. The van der Waals surface area contributed by atoms with Gasteiger partial charge in [-0.05, 0) is 41.3 Å². The molecule has 0 radical (unpaired) electrons. The number of anilines is 1. The summed E-state index contributed by atoms with van der Waals surface area (Å²) in [6.07, 6.45) is 2.07. The van der Waals surface area contributed by atoms with Gasteiger partial charge in [0.05, 0.1) is 13.2 Å². The number of fused-ring (bicyclic) bond motifs is 1. The monoisotopic (exact) mass is 496 g/mol. The van der Waals surface area contributed by atoms with E-state index in [1.165, 1.54) is 22.6 Å². The van der Waals surface area contributed by atoms with Crippen LogP contribution in [0.5, 0.6) is 0 Å². The number of ether oxygens (including phenoxy) is 1. The molecule has 4 heterocycles. The second-order valence-electron chi connectivity index (χ2n) is 9.59. The fourth-order valence-corrected chi connectivity index (χ4v) is 5.26. The van der Waals surface area contributed by atoms with E-state index in [-0.39, 0.29) is 6.29 Å². The molecule has 1 saturated heterocycles. The number of hydrogen-bond donors (Lipinski definition) is 2. The summed E-state index contributed by atoms with van der Waals surface area (Å²) in [6.45, 7) is 8.44. The first-order valence-electron chi connectivity index (χ1n) is 13.0. The number of aromatic nitrogens is 5. The highest BCUT2D eigenvalue weighted by Crippen LogP contribution is 2.32. The van der Waals surface area contributed by atoms with E-state index in [0.717, 1.165) is 68.1 Å². The van der Waals surface area contributed by atoms with E-state index in [1.807, 2.05) is 18.2 Å². The van der Waals surface area contributed by atoms with Crippen LogP contribution in [0.2, 0.25) is 0 Å². The number of H-pyrrole nitrogens is 1. The van der Waals surface area contributed by atoms with Crippen molar-refractivity contribution in [3.63, 3.8) is 0 Å². The maximum Gasteiger partial charge on any atom is 0.205 e. The summed E-state index contributed by atoms with van der Waals surface area (Å²) in [4.78, 5) is 7.35. The number of rotatable bonds is 7. The Morgan fingerprint density at radius 1 is 1.00 bits per heavy atom. The van der Waals surface area contributed by atoms with Crippen LogP contribution in [0.3, 0.4) is 0 Å². The van der Waals surface area contributed by atoms with Crippen molar-refractivity contribution >= 4 is 11.5 Å². The lowest BCUT2D eigenvalue weighted by atomic mass is 9.98. The van der Waals surface area contributed by atoms with Gasteiger partial charge in [0.2, 0.25) is 5.82 Å². The molecular formula is C28H32N8O. The van der Waals surface area contributed by atoms with Crippen LogP contribution in [0.25, 0.3) is 22.5 Å². The average Bonchev–Trinajstić information content (AvgIpc) is 3.59. The maximum atomic E-state index is 5.56. The average molecular weight is 497 g/mol. The summed E-state index contributed by atoms with van der Waals surface area (Å²) in [6, 6.07) is 19.3. The summed E-state index contributed by atoms with van der Waals surface area (Å²) >= 11 is 0. The van der Waals surface area contributed by atoms with Crippen LogP contribution in [0, 0.1) is 0 Å². The van der Waals surface area contributed by atoms with Gasteiger partial charge in [0.15, 0.2) is 6.29 Å². The Hall–Kier alpha value is -3.82. The Labute approximate surface area is 216 Å². The molecule has 1 unspecified atom stereocenters. The van der Waals surface area contributed by atoms with Gasteiger partial charge in [-0.2, -0.15) is 5.21 Å². The molecule has 0 aliphatic carbocycles. The van der Waals surface area contributed by atoms with Crippen LogP contribution in [0.4, 0.5) is 5.82 Å². The molecule has 2 N–H and O–H groups in total. The SMILES string of the molecule is CCCc1cc2c(n1Cc1ccc(-c3ccccc3-c3nn[nH]n3)cc1)NC(N1CCOCC1)N=C2C. The lowest BCUT2D eigenvalue weighted by Gasteiger charge is -2.35. The first-order chi connectivity index (χ1) is 18.2. The number of hydrogen-bond acceptors (Lipinski definition) is 7. The van der Waals surface area contributed by atoms with Crippen molar-refractivity contribution in [3.8, 4) is 22.5 Å². The Morgan fingerprint density at radius 2 is 1.78 bits per heavy atom. The van der Waals surface area contributed by atoms with E-state index >= 15 is 0 Å². The van der Waals surface area contributed by atoms with E-state index in [1.54, 1.807) is 0 Å². The minimum absolute atomic E-state index is 0.0523. The molecule has 1 atom stereocenters. The molecule has 37 heavy (non-hydrogen) atoms. The first-order valence-corrected chi connectivity index (χ1v) is 13.0. The van der Waals surface area contributed by atoms with Crippen molar-refractivity contribution in [2.45, 2.75) is 39.5 Å². The van der Waals surface area contributed by atoms with Crippen LogP contribution in [0.1, 0.15) is 37.1 Å². The topological polar surface area (TPSA) is 96.2 Å². The molecule has 2 aliphatic heterocycles. The largest absolute Gasteiger partial charge is 0.379 e. The summed E-state index contributed by atoms with van der Waals surface area (Å²) < 4.78 is 8.00. The Morgan fingerprint density at radius 3 is 2.51 bits per heavy atom. The van der Waals surface area contributed by atoms with E-state index in [0.29, 0.717) is 5.82 Å². The van der Waals surface area contributed by atoms with Gasteiger partial charge in [-0.25, -0.2) is 4.99 Å². The molecule has 0 saturated carbocycles. The van der Waals surface area contributed by atoms with Crippen molar-refractivity contribution in [3.05, 3.63) is 71.4 Å². The zero-order valence-corrected chi connectivity index (χ0v) is 21.3. The highest BCUT2D eigenvalue weighted by molar-refractivity contribution is 6.04. The van der Waals surface area contributed by atoms with Crippen molar-refractivity contribution in [2.75, 3.05) is 31.6 Å². The molecule has 1 fully saturated rings. The van der Waals surface area contributed by atoms with E-state index in [2.05, 4.69) is 85.7 Å². The molecule has 2 aromatic heterocycles. The standard InChI is InChI=1S/C28H32N8O/c1-3-6-22-17-25-19(2)29-28(35-13-15-37-16-14-35)30-27(25)36(22)18-20-9-11-21(12-10-20)23-7-4-5-8-24(23)26-31-33-34-32-26/h4-5,7-12,17,28,30H,3,6,13-16,18H2,1-2H3,(H,31,32,33,34). The Kier molecular flexibility index (Phi) is 6.55. The third-order valence-electron chi connectivity index (χ3n) is 7.17. The van der Waals surface area contributed by atoms with Crippen molar-refractivity contribution in [1.82, 2.24) is 30.1 Å². The van der Waals surface area contributed by atoms with Crippen molar-refractivity contribution < 1.29 is 4.74 Å². The van der Waals surface area contributed by atoms with Crippen LogP contribution >= 0.6 is 0 Å². The number of aliphatic imine (C=N–C) groups is 1. The predicted octanol–water partition coefficient (Wildman–Crippen LogP) is 4.19. The zero-order chi connectivity index (χ0) is 25.2. The quantitative estimate of drug-likeness (QED) is 0.398. The van der Waals surface area contributed by atoms with Gasteiger partial charge in [-0.15, -0.1) is 10.2 Å². The molecular weight excluding hydrogens is 464 g/mol. The van der Waals surface area contributed by atoms with Gasteiger partial charge < -0.3 is 14.6 Å². The molecule has 2 aliphatic rings. The van der Waals surface area contributed by atoms with Gasteiger partial charge in [-0.3, -0.25) is 4.90 Å². The molecule has 0 spiro atoms. The van der Waals surface area contributed by atoms with E-state index in [9.17, 15) is 0 Å². The smallest absolute Gasteiger partial charge is 0.205 e. The number of benzene rings is 2. The maximum absolute atomic E-state index is 5.56. The lowest BCUT2D eigenvalue weighted by Crippen LogP contribution is -2.48. The number of nitrogens with zero attached hydrogens (tertiary/aromatic N) is 6. The lowest BCUT2D eigenvalue weighted by molar-refractivity contribution is 0.0234. The van der Waals surface area contributed by atoms with Gasteiger partial charge in [0.1, 0.15) is 5.82 Å². The second kappa shape index (κ2) is 10.3. The number of morpholine rings is 1. The second-order valence-corrected chi connectivity index (χ2v) is 9.59. The number of tetrazole rings is 1. The molecule has 9 heteroatoms. The van der Waals surface area contributed by atoms with Gasteiger partial charge in [-0.1, -0.05) is 61.9 Å². The Bertz CT molecular complexity index is 1380. The zero-order valence-electron chi connectivity index (χ0n) is 21.3. The number of aryl methyl sites for hydroxylation is 1. The molecule has 0 amide bonds. The summed E-state index contributed by atoms with van der Waals surface area (Å²) in [7, 11) is 0. The van der Waals surface area contributed by atoms with Crippen molar-refractivity contribution in [1.29, 1.82) is 0 Å². The Balaban J connectivity index is 1.29. The van der Waals surface area contributed by atoms with Crippen LogP contribution in [-0.2, 0) is 17.7 Å². The van der Waals surface area contributed by atoms with E-state index < -0.39 is 0 Å². The van der Waals surface area contributed by atoms with E-state index in [4.69, 9.17) is 9.73 Å². The fraction of sp³-hybridized carbons (Fsp3) is 0.357. The highest BCUT2D eigenvalue weighted by atomic mass is 16.5.